The molecule has 29 heavy (non-hydrogen) atoms. The molecular formula is C13H22N3O12P. The quantitative estimate of drug-likeness (QED) is 0.0538. The van der Waals surface area contributed by atoms with Crippen LogP contribution in [0.5, 0.6) is 0 Å². The van der Waals surface area contributed by atoms with Gasteiger partial charge in [0.05, 0.1) is 6.61 Å². The number of carbonyl (C=O) groups excluding carboxylic acids is 5. The van der Waals surface area contributed by atoms with Gasteiger partial charge in [0.25, 0.3) is 25.9 Å². The van der Waals surface area contributed by atoms with E-state index in [2.05, 4.69) is 24.3 Å². The summed E-state index contributed by atoms with van der Waals surface area (Å²) in [6, 6.07) is 0. The number of amides is 1. The van der Waals surface area contributed by atoms with Crippen LogP contribution in [0.15, 0.2) is 0 Å². The van der Waals surface area contributed by atoms with E-state index in [9.17, 15) is 33.4 Å². The molecule has 0 fully saturated rings. The number of nitrogens with one attached hydrogen (secondary N) is 2. The SMILES string of the molecule is N[C@@H](CCC(=O)N[C@@H](COP(=O)(O)N[C@@H](CCOC=O)OC=O)OC=O)OC=O. The van der Waals surface area contributed by atoms with Crippen molar-refractivity contribution in [3.05, 3.63) is 0 Å². The van der Waals surface area contributed by atoms with E-state index in [0.29, 0.717) is 0 Å². The lowest BCUT2D eigenvalue weighted by atomic mass is 10.2. The van der Waals surface area contributed by atoms with Gasteiger partial charge in [-0.05, 0) is 0 Å². The largest absolute Gasteiger partial charge is 0.468 e. The van der Waals surface area contributed by atoms with Crippen molar-refractivity contribution in [3.63, 3.8) is 0 Å². The van der Waals surface area contributed by atoms with Gasteiger partial charge in [-0.2, -0.15) is 5.09 Å². The van der Waals surface area contributed by atoms with Crippen molar-refractivity contribution < 1.29 is 56.9 Å². The second kappa shape index (κ2) is 15.4. The first-order chi connectivity index (χ1) is 13.8. The molecule has 1 amide bonds. The smallest absolute Gasteiger partial charge is 0.406 e. The van der Waals surface area contributed by atoms with Crippen LogP contribution in [0.3, 0.4) is 0 Å². The van der Waals surface area contributed by atoms with Crippen molar-refractivity contribution in [2.24, 2.45) is 5.73 Å². The first-order valence-electron chi connectivity index (χ1n) is 7.90. The van der Waals surface area contributed by atoms with Crippen LogP contribution in [0.1, 0.15) is 19.3 Å². The summed E-state index contributed by atoms with van der Waals surface area (Å²) in [7, 11) is -4.59. The van der Waals surface area contributed by atoms with Gasteiger partial charge in [-0.1, -0.05) is 0 Å². The number of nitrogens with two attached hydrogens (primary N) is 1. The molecule has 0 aromatic rings. The zero-order valence-corrected chi connectivity index (χ0v) is 15.9. The van der Waals surface area contributed by atoms with Crippen molar-refractivity contribution in [3.8, 4) is 0 Å². The van der Waals surface area contributed by atoms with E-state index in [1.54, 1.807) is 0 Å². The van der Waals surface area contributed by atoms with Gasteiger partial charge >= 0.3 is 7.75 Å². The Morgan fingerprint density at radius 2 is 1.62 bits per heavy atom. The van der Waals surface area contributed by atoms with Crippen LogP contribution >= 0.6 is 7.75 Å². The van der Waals surface area contributed by atoms with E-state index in [4.69, 9.17) is 10.3 Å². The molecule has 0 rings (SSSR count). The third-order valence-corrected chi connectivity index (χ3v) is 4.04. The summed E-state index contributed by atoms with van der Waals surface area (Å²) in [5.41, 5.74) is 5.36. The molecule has 166 valence electrons. The third-order valence-electron chi connectivity index (χ3n) is 2.92. The van der Waals surface area contributed by atoms with Gasteiger partial charge < -0.3 is 29.2 Å². The molecule has 0 bridgehead atoms. The molecule has 0 aromatic carbocycles. The molecule has 4 atom stereocenters. The molecule has 0 aliphatic carbocycles. The van der Waals surface area contributed by atoms with E-state index in [-0.39, 0.29) is 51.8 Å². The predicted molar refractivity (Wildman–Crippen MR) is 89.9 cm³/mol. The highest BCUT2D eigenvalue weighted by Crippen LogP contribution is 2.38. The highest BCUT2D eigenvalue weighted by atomic mass is 31.2. The van der Waals surface area contributed by atoms with Crippen LogP contribution in [0.25, 0.3) is 0 Å². The minimum Gasteiger partial charge on any atom is -0.468 e. The van der Waals surface area contributed by atoms with E-state index in [0.717, 1.165) is 0 Å². The minimum absolute atomic E-state index is 0.00383. The number of ether oxygens (including phenoxy) is 4. The summed E-state index contributed by atoms with van der Waals surface area (Å²) in [5.74, 6) is -0.681. The molecule has 1 unspecified atom stereocenters. The van der Waals surface area contributed by atoms with Crippen molar-refractivity contribution in [1.82, 2.24) is 10.4 Å². The predicted octanol–water partition coefficient (Wildman–Crippen LogP) is -2.39. The number of hydrogen-bond acceptors (Lipinski definition) is 12. The molecule has 0 aromatic heterocycles. The standard InChI is InChI=1S/C13H22N3O12P/c14-10(25-7-18)1-2-11(21)15-13(27-9-20)5-28-29(22,23)16-12(26-8-19)3-4-24-6-17/h6-10,12-13H,1-5,14H2,(H,15,21)(H2,16,22,23)/t10-,12-,13-/m1/s1. The van der Waals surface area contributed by atoms with E-state index < -0.39 is 38.9 Å². The summed E-state index contributed by atoms with van der Waals surface area (Å²) in [5, 5.41) is 4.16. The molecule has 0 aliphatic heterocycles. The van der Waals surface area contributed by atoms with Gasteiger partial charge in [-0.15, -0.1) is 0 Å². The van der Waals surface area contributed by atoms with Crippen LogP contribution in [-0.4, -0.2) is 68.6 Å². The average Bonchev–Trinajstić information content (AvgIpc) is 2.65. The Balaban J connectivity index is 4.61. The van der Waals surface area contributed by atoms with E-state index in [1.165, 1.54) is 0 Å². The fourth-order valence-corrected chi connectivity index (χ4v) is 2.65. The molecule has 0 saturated heterocycles. The molecule has 5 N–H and O–H groups in total. The molecule has 0 aliphatic rings. The second-order valence-corrected chi connectivity index (χ2v) is 6.58. The Bertz CT molecular complexity index is 577. The van der Waals surface area contributed by atoms with Crippen molar-refractivity contribution in [2.75, 3.05) is 13.2 Å². The lowest BCUT2D eigenvalue weighted by molar-refractivity contribution is -0.142. The van der Waals surface area contributed by atoms with Crippen LogP contribution in [0, 0.1) is 0 Å². The minimum atomic E-state index is -4.59. The van der Waals surface area contributed by atoms with E-state index in [1.807, 2.05) is 5.09 Å². The van der Waals surface area contributed by atoms with E-state index >= 15 is 0 Å². The molecule has 16 heteroatoms. The van der Waals surface area contributed by atoms with Crippen LogP contribution in [0.2, 0.25) is 0 Å². The highest BCUT2D eigenvalue weighted by Gasteiger charge is 2.27. The zero-order valence-electron chi connectivity index (χ0n) is 15.0. The topological polar surface area (TPSA) is 219 Å². The lowest BCUT2D eigenvalue weighted by Gasteiger charge is -2.22. The summed E-state index contributed by atoms with van der Waals surface area (Å²) in [6.07, 6.45) is -4.20. The number of carbonyl (C=O) groups is 5. The van der Waals surface area contributed by atoms with Crippen LogP contribution in [0.4, 0.5) is 0 Å². The Hall–Kier alpha value is -2.58. The maximum atomic E-state index is 12.0. The lowest BCUT2D eigenvalue weighted by Crippen LogP contribution is -2.41. The highest BCUT2D eigenvalue weighted by molar-refractivity contribution is 7.50. The third kappa shape index (κ3) is 14.1. The van der Waals surface area contributed by atoms with Crippen molar-refractivity contribution in [2.45, 2.75) is 37.9 Å². The fourth-order valence-electron chi connectivity index (χ4n) is 1.69. The Kier molecular flexibility index (Phi) is 14.0. The Morgan fingerprint density at radius 3 is 2.21 bits per heavy atom. The molecule has 0 spiro atoms. The maximum Gasteiger partial charge on any atom is 0.406 e. The van der Waals surface area contributed by atoms with Gasteiger partial charge in [0, 0.05) is 19.3 Å². The first-order valence-corrected chi connectivity index (χ1v) is 9.48. The first kappa shape index (κ1) is 26.4. The normalized spacial score (nSPS) is 15.5. The van der Waals surface area contributed by atoms with Crippen molar-refractivity contribution >= 4 is 39.5 Å². The molecule has 0 heterocycles. The Labute approximate surface area is 164 Å². The van der Waals surface area contributed by atoms with Gasteiger partial charge in [-0.25, -0.2) is 4.57 Å². The van der Waals surface area contributed by atoms with Crippen LogP contribution < -0.4 is 16.1 Å². The van der Waals surface area contributed by atoms with Gasteiger partial charge in [0.1, 0.15) is 6.61 Å². The molecular weight excluding hydrogens is 421 g/mol. The van der Waals surface area contributed by atoms with Gasteiger partial charge in [0.2, 0.25) is 5.91 Å². The monoisotopic (exact) mass is 443 g/mol. The number of rotatable bonds is 19. The summed E-state index contributed by atoms with van der Waals surface area (Å²) in [4.78, 5) is 62.7. The zero-order chi connectivity index (χ0) is 22.1. The van der Waals surface area contributed by atoms with Gasteiger partial charge in [-0.3, -0.25) is 34.2 Å². The average molecular weight is 443 g/mol. The second-order valence-electron chi connectivity index (χ2n) is 5.02. The fraction of sp³-hybridized carbons (Fsp3) is 0.615. The van der Waals surface area contributed by atoms with Crippen molar-refractivity contribution in [1.29, 1.82) is 0 Å². The molecule has 0 saturated carbocycles. The van der Waals surface area contributed by atoms with Crippen LogP contribution in [-0.2, 0) is 52.0 Å². The summed E-state index contributed by atoms with van der Waals surface area (Å²) >= 11 is 0. The molecule has 0 radical (unpaired) electrons. The summed E-state index contributed by atoms with van der Waals surface area (Å²) < 4.78 is 34.5. The Morgan fingerprint density at radius 1 is 1.00 bits per heavy atom. The maximum absolute atomic E-state index is 12.0. The number of hydrogen-bond donors (Lipinski definition) is 4. The summed E-state index contributed by atoms with van der Waals surface area (Å²) in [6.45, 7) is -0.753. The van der Waals surface area contributed by atoms with Gasteiger partial charge in [0.15, 0.2) is 18.7 Å². The molecule has 15 nitrogen and oxygen atoms in total.